The van der Waals surface area contributed by atoms with E-state index >= 15 is 0 Å². The van der Waals surface area contributed by atoms with E-state index in [0.717, 1.165) is 6.42 Å². The summed E-state index contributed by atoms with van der Waals surface area (Å²) in [4.78, 5) is 116. The molecule has 0 aromatic carbocycles. The molecule has 18 N–H and O–H groups in total. The van der Waals surface area contributed by atoms with Crippen LogP contribution in [0.2, 0.25) is 0 Å². The normalized spacial score (nSPS) is 26.4. The van der Waals surface area contributed by atoms with E-state index in [1.54, 1.807) is 0 Å². The smallest absolute Gasteiger partial charge is 0.243 e. The van der Waals surface area contributed by atoms with E-state index in [1.165, 1.54) is 20.8 Å². The summed E-state index contributed by atoms with van der Waals surface area (Å²) in [7, 11) is 0. The number of amides is 9. The molecule has 578 valence electrons. The van der Waals surface area contributed by atoms with Gasteiger partial charge in [-0.2, -0.15) is 0 Å². The lowest BCUT2D eigenvalue weighted by molar-refractivity contribution is -0.270. The number of carbonyl (C=O) groups is 9. The number of carbonyl (C=O) groups excluding carboxylic acids is 9. The van der Waals surface area contributed by atoms with Crippen molar-refractivity contribution in [2.24, 2.45) is 11.8 Å². The van der Waals surface area contributed by atoms with Crippen molar-refractivity contribution in [1.82, 2.24) is 47.9 Å². The lowest BCUT2D eigenvalue weighted by Gasteiger charge is -2.42. The van der Waals surface area contributed by atoms with Gasteiger partial charge >= 0.3 is 0 Å². The molecule has 3 aliphatic heterocycles. The second kappa shape index (κ2) is 50.1. The first kappa shape index (κ1) is 88.8. The maximum Gasteiger partial charge on any atom is 0.243 e. The number of rotatable bonds is 51. The zero-order valence-electron chi connectivity index (χ0n) is 59.2. The van der Waals surface area contributed by atoms with Crippen LogP contribution in [-0.4, -0.2) is 282 Å². The molecule has 100 heavy (non-hydrogen) atoms. The molecular formula is C66H119N9O25. The van der Waals surface area contributed by atoms with Crippen LogP contribution in [0.1, 0.15) is 170 Å². The van der Waals surface area contributed by atoms with Crippen molar-refractivity contribution in [3.8, 4) is 0 Å². The molecule has 0 saturated carbocycles. The van der Waals surface area contributed by atoms with Gasteiger partial charge in [0.15, 0.2) is 18.9 Å². The van der Waals surface area contributed by atoms with Crippen molar-refractivity contribution < 1.29 is 122 Å². The highest BCUT2D eigenvalue weighted by Crippen LogP contribution is 2.26. The summed E-state index contributed by atoms with van der Waals surface area (Å²) in [6.45, 7) is 10.5. The van der Waals surface area contributed by atoms with Crippen molar-refractivity contribution >= 4 is 53.2 Å². The monoisotopic (exact) mass is 1440 g/mol. The van der Waals surface area contributed by atoms with Gasteiger partial charge in [-0.05, 0) is 115 Å². The molecule has 34 heteroatoms. The highest BCUT2D eigenvalue weighted by atomic mass is 16.7. The lowest BCUT2D eigenvalue weighted by Crippen LogP contribution is -2.64. The van der Waals surface area contributed by atoms with E-state index in [-0.39, 0.29) is 108 Å². The van der Waals surface area contributed by atoms with Crippen molar-refractivity contribution in [2.75, 3.05) is 79.0 Å². The van der Waals surface area contributed by atoms with Crippen molar-refractivity contribution in [1.29, 1.82) is 0 Å². The third-order valence-corrected chi connectivity index (χ3v) is 17.2. The fraction of sp³-hybridized carbons (Fsp3) is 0.864. The van der Waals surface area contributed by atoms with Gasteiger partial charge in [0.1, 0.15) is 85.1 Å². The Balaban J connectivity index is 1.65. The molecule has 3 aliphatic rings. The van der Waals surface area contributed by atoms with Gasteiger partial charge in [0.05, 0.1) is 19.8 Å². The quantitative estimate of drug-likeness (QED) is 0.0262. The largest absolute Gasteiger partial charge is 0.394 e. The van der Waals surface area contributed by atoms with Crippen molar-refractivity contribution in [3.05, 3.63) is 0 Å². The van der Waals surface area contributed by atoms with Crippen molar-refractivity contribution in [2.45, 2.75) is 274 Å². The van der Waals surface area contributed by atoms with Gasteiger partial charge in [-0.3, -0.25) is 43.2 Å². The molecule has 34 nitrogen and oxygen atoms in total. The number of aliphatic hydroxyl groups is 9. The van der Waals surface area contributed by atoms with Crippen LogP contribution < -0.4 is 47.9 Å². The Kier molecular flexibility index (Phi) is 44.5. The summed E-state index contributed by atoms with van der Waals surface area (Å²) in [5.41, 5.74) is 0. The zero-order valence-corrected chi connectivity index (χ0v) is 59.2. The minimum absolute atomic E-state index is 0.0368. The Hall–Kier alpha value is -5.41. The zero-order chi connectivity index (χ0) is 74.1. The van der Waals surface area contributed by atoms with Crippen LogP contribution in [0.5, 0.6) is 0 Å². The highest BCUT2D eigenvalue weighted by molar-refractivity contribution is 5.92. The molecule has 9 amide bonds. The average Bonchev–Trinajstić information content (AvgIpc) is 0.824. The van der Waals surface area contributed by atoms with Gasteiger partial charge in [-0.25, -0.2) is 0 Å². The molecule has 0 spiro atoms. The Morgan fingerprint density at radius 3 is 1.16 bits per heavy atom. The SMILES string of the molecule is CCOCC(C)CC(C)CNC(=O)CCCCCNC(=O)C(CCCCNC(=O)CCCCOC1OC(CO)C(O)C(O)C1NC(C)=O)NC(=O)C(CCCCNC(=O)CCCCOC1OC(CO)C(O)C(O)C1NC(C)=O)NC(=O)CCCCOC1OC(CO)C(O)C(O)C1NC(C)=O. The number of nitrogens with one attached hydrogen (secondary N) is 9. The summed E-state index contributed by atoms with van der Waals surface area (Å²) in [5, 5.41) is 116. The topological polar surface area (TPSA) is 509 Å². The van der Waals surface area contributed by atoms with Crippen LogP contribution in [0.15, 0.2) is 0 Å². The summed E-state index contributed by atoms with van der Waals surface area (Å²) in [6.07, 6.45) is -9.38. The van der Waals surface area contributed by atoms with Gasteiger partial charge in [0.2, 0.25) is 53.2 Å². The van der Waals surface area contributed by atoms with Crippen LogP contribution in [0.4, 0.5) is 0 Å². The molecule has 0 radical (unpaired) electrons. The maximum atomic E-state index is 14.4. The lowest BCUT2D eigenvalue weighted by atomic mass is 9.97. The molecular weight excluding hydrogens is 1320 g/mol. The Morgan fingerprint density at radius 2 is 0.770 bits per heavy atom. The maximum absolute atomic E-state index is 14.4. The molecule has 0 aromatic rings. The molecule has 19 unspecified atom stereocenters. The summed E-state index contributed by atoms with van der Waals surface area (Å²) < 4.78 is 39.6. The van der Waals surface area contributed by atoms with Crippen LogP contribution in [-0.2, 0) is 76.3 Å². The Bertz CT molecular complexity index is 2410. The molecule has 0 aliphatic carbocycles. The summed E-state index contributed by atoms with van der Waals surface area (Å²) >= 11 is 0. The molecule has 0 aromatic heterocycles. The fourth-order valence-corrected chi connectivity index (χ4v) is 11.7. The third kappa shape index (κ3) is 34.3. The minimum atomic E-state index is -1.53. The van der Waals surface area contributed by atoms with Gasteiger partial charge in [-0.1, -0.05) is 20.3 Å². The molecule has 3 saturated heterocycles. The predicted octanol–water partition coefficient (Wildman–Crippen LogP) is -3.59. The second-order valence-corrected chi connectivity index (χ2v) is 26.2. The minimum Gasteiger partial charge on any atom is -0.394 e. The van der Waals surface area contributed by atoms with Gasteiger partial charge in [0.25, 0.3) is 0 Å². The standard InChI is InChI=1S/C66H119N9O25/c1-7-94-38-40(3)33-39(2)34-70-51(84)23-9-8-15-29-69-62(92)44(21-10-16-27-67-49(82)24-12-18-30-95-64-53(71-41(4)79)59(89)56(86)46(35-76)98-64)75-63(93)45(74-52(85)26-14-20-32-97-66-55(73-43(6)81)61(91)58(88)48(37-78)100-66)22-11-17-28-68-50(83)25-13-19-31-96-65-54(72-42(5)80)60(90)57(87)47(36-77)99-65/h39-40,44-48,53-61,64-66,76-78,86-91H,7-38H2,1-6H3,(H,67,82)(H,68,83)(H,69,92)(H,70,84)(H,71,79)(H,72,80)(H,73,81)(H,74,85)(H,75,93). The third-order valence-electron chi connectivity index (χ3n) is 17.2. The Labute approximate surface area is 586 Å². The number of unbranched alkanes of at least 4 members (excludes halogenated alkanes) is 7. The summed E-state index contributed by atoms with van der Waals surface area (Å²) in [5.74, 6) is -3.22. The van der Waals surface area contributed by atoms with Crippen LogP contribution in [0.25, 0.3) is 0 Å². The second-order valence-electron chi connectivity index (χ2n) is 26.2. The van der Waals surface area contributed by atoms with E-state index in [9.17, 15) is 89.1 Å². The van der Waals surface area contributed by atoms with E-state index in [1.807, 2.05) is 6.92 Å². The van der Waals surface area contributed by atoms with Gasteiger partial charge in [0, 0.05) is 106 Å². The predicted molar refractivity (Wildman–Crippen MR) is 357 cm³/mol. The first-order valence-corrected chi connectivity index (χ1v) is 35.5. The average molecular weight is 1440 g/mol. The molecule has 19 atom stereocenters. The van der Waals surface area contributed by atoms with E-state index < -0.39 is 159 Å². The molecule has 0 bridgehead atoms. The van der Waals surface area contributed by atoms with E-state index in [2.05, 4.69) is 61.7 Å². The highest BCUT2D eigenvalue weighted by Gasteiger charge is 2.48. The molecule has 3 fully saturated rings. The number of aliphatic hydroxyl groups excluding tert-OH is 9. The first-order chi connectivity index (χ1) is 47.7. The molecule has 3 rings (SSSR count). The van der Waals surface area contributed by atoms with Crippen LogP contribution >= 0.6 is 0 Å². The first-order valence-electron chi connectivity index (χ1n) is 35.5. The van der Waals surface area contributed by atoms with Gasteiger partial charge < -0.3 is 127 Å². The number of hydrogen-bond acceptors (Lipinski definition) is 25. The Morgan fingerprint density at radius 1 is 0.410 bits per heavy atom. The van der Waals surface area contributed by atoms with E-state index in [4.69, 9.17) is 33.2 Å². The summed E-state index contributed by atoms with van der Waals surface area (Å²) in [6, 6.07) is -5.65. The van der Waals surface area contributed by atoms with Crippen LogP contribution in [0.3, 0.4) is 0 Å². The molecule has 3 heterocycles. The number of ether oxygens (including phenoxy) is 7. The fourth-order valence-electron chi connectivity index (χ4n) is 11.7. The van der Waals surface area contributed by atoms with Crippen molar-refractivity contribution in [3.63, 3.8) is 0 Å². The van der Waals surface area contributed by atoms with Crippen LogP contribution in [0, 0.1) is 11.8 Å². The van der Waals surface area contributed by atoms with E-state index in [0.29, 0.717) is 103 Å². The van der Waals surface area contributed by atoms with Gasteiger partial charge in [-0.15, -0.1) is 0 Å². The number of hydrogen-bond donors (Lipinski definition) is 18.